The molecule has 1 aliphatic carbocycles. The number of rotatable bonds is 3. The van der Waals surface area contributed by atoms with Crippen molar-refractivity contribution in [2.75, 3.05) is 5.32 Å². The van der Waals surface area contributed by atoms with Crippen LogP contribution in [0.15, 0.2) is 40.2 Å². The fourth-order valence-corrected chi connectivity index (χ4v) is 6.17. The van der Waals surface area contributed by atoms with Gasteiger partial charge in [0.25, 0.3) is 5.56 Å². The highest BCUT2D eigenvalue weighted by molar-refractivity contribution is 7.86. The third kappa shape index (κ3) is 3.95. The molecule has 0 bridgehead atoms. The van der Waals surface area contributed by atoms with Gasteiger partial charge < -0.3 is 10.3 Å². The van der Waals surface area contributed by atoms with Crippen molar-refractivity contribution in [1.29, 1.82) is 0 Å². The van der Waals surface area contributed by atoms with Crippen molar-refractivity contribution < 1.29 is 4.21 Å². The molecule has 3 heterocycles. The fourth-order valence-electron chi connectivity index (χ4n) is 4.73. The van der Waals surface area contributed by atoms with Gasteiger partial charge in [-0.2, -0.15) is 5.10 Å². The molecule has 2 aliphatic rings. The van der Waals surface area contributed by atoms with E-state index in [9.17, 15) is 9.00 Å². The molecular formula is C24H32N4O2S. The summed E-state index contributed by atoms with van der Waals surface area (Å²) in [7, 11) is -0.991. The van der Waals surface area contributed by atoms with Crippen molar-refractivity contribution in [3.8, 4) is 0 Å². The maximum atomic E-state index is 12.6. The Labute approximate surface area is 185 Å². The van der Waals surface area contributed by atoms with E-state index in [4.69, 9.17) is 5.10 Å². The summed E-state index contributed by atoms with van der Waals surface area (Å²) in [6.07, 6.45) is 8.36. The normalized spacial score (nSPS) is 20.2. The molecule has 7 heteroatoms. The van der Waals surface area contributed by atoms with Gasteiger partial charge in [-0.3, -0.25) is 13.7 Å². The largest absolute Gasteiger partial charge is 0.338 e. The Morgan fingerprint density at radius 1 is 1.16 bits per heavy atom. The van der Waals surface area contributed by atoms with E-state index >= 15 is 0 Å². The monoisotopic (exact) mass is 440 g/mol. The third-order valence-electron chi connectivity index (χ3n) is 6.19. The minimum absolute atomic E-state index is 0.129. The molecule has 0 spiro atoms. The number of aromatic nitrogens is 3. The molecule has 0 saturated heterocycles. The number of pyridine rings is 1. The molecule has 1 saturated carbocycles. The summed E-state index contributed by atoms with van der Waals surface area (Å²) in [5.74, 6) is 0.589. The first-order valence-corrected chi connectivity index (χ1v) is 12.5. The maximum absolute atomic E-state index is 12.6. The number of nitrogens with zero attached hydrogens (tertiary/aromatic N) is 2. The molecule has 3 aromatic rings. The first-order valence-electron chi connectivity index (χ1n) is 11.4. The summed E-state index contributed by atoms with van der Waals surface area (Å²) in [5, 5.41) is 8.80. The van der Waals surface area contributed by atoms with E-state index in [0.29, 0.717) is 17.2 Å². The van der Waals surface area contributed by atoms with E-state index in [1.54, 1.807) is 6.20 Å². The average molecular weight is 441 g/mol. The van der Waals surface area contributed by atoms with Gasteiger partial charge >= 0.3 is 0 Å². The van der Waals surface area contributed by atoms with Crippen molar-refractivity contribution in [1.82, 2.24) is 14.8 Å². The maximum Gasteiger partial charge on any atom is 0.261 e. The number of hydrogen-bond acceptors (Lipinski definition) is 4. The summed E-state index contributed by atoms with van der Waals surface area (Å²) in [5.41, 5.74) is 2.72. The summed E-state index contributed by atoms with van der Waals surface area (Å²) in [6.45, 7) is 8.07. The SMILES string of the molecule is CC.CC1(C)Cc2cc(Nc3nn(C4CCCCC4)c4cc[nH]c(=O)c34)ccc2S1=O. The van der Waals surface area contributed by atoms with Gasteiger partial charge in [0.1, 0.15) is 5.39 Å². The molecule has 2 N–H and O–H groups in total. The molecule has 1 aliphatic heterocycles. The zero-order valence-corrected chi connectivity index (χ0v) is 19.6. The summed E-state index contributed by atoms with van der Waals surface area (Å²) < 4.78 is 14.4. The van der Waals surface area contributed by atoms with E-state index in [0.717, 1.165) is 40.9 Å². The van der Waals surface area contributed by atoms with Crippen molar-refractivity contribution in [3.63, 3.8) is 0 Å². The van der Waals surface area contributed by atoms with Crippen LogP contribution in [-0.2, 0) is 17.2 Å². The highest BCUT2D eigenvalue weighted by Crippen LogP contribution is 2.38. The molecule has 0 radical (unpaired) electrons. The second-order valence-corrected chi connectivity index (χ2v) is 10.9. The van der Waals surface area contributed by atoms with Gasteiger partial charge in [-0.1, -0.05) is 33.1 Å². The highest BCUT2D eigenvalue weighted by atomic mass is 32.2. The van der Waals surface area contributed by atoms with Crippen LogP contribution in [0.3, 0.4) is 0 Å². The standard InChI is InChI=1S/C22H26N4O2S.C2H6/c1-22(2)13-14-12-15(8-9-18(14)29(22)28)24-20-19-17(10-11-23-21(19)27)26(25-20)16-6-4-3-5-7-16;1-2/h8-12,16H,3-7,13H2,1-2H3,(H,23,27)(H,24,25);1-2H3. The summed E-state index contributed by atoms with van der Waals surface area (Å²) in [4.78, 5) is 16.3. The molecule has 1 fully saturated rings. The van der Waals surface area contributed by atoms with E-state index in [-0.39, 0.29) is 10.3 Å². The number of benzene rings is 1. The van der Waals surface area contributed by atoms with Gasteiger partial charge in [0.05, 0.1) is 22.4 Å². The van der Waals surface area contributed by atoms with Crippen LogP contribution >= 0.6 is 0 Å². The number of H-pyrrole nitrogens is 1. The van der Waals surface area contributed by atoms with Crippen LogP contribution in [0, 0.1) is 0 Å². The van der Waals surface area contributed by atoms with Gasteiger partial charge in [0.2, 0.25) is 0 Å². The first-order chi connectivity index (χ1) is 14.9. The number of aromatic amines is 1. The molecule has 1 unspecified atom stereocenters. The van der Waals surface area contributed by atoms with Crippen LogP contribution in [-0.4, -0.2) is 23.7 Å². The van der Waals surface area contributed by atoms with Crippen LogP contribution in [0.1, 0.15) is 71.4 Å². The molecular weight excluding hydrogens is 408 g/mol. The van der Waals surface area contributed by atoms with Crippen molar-refractivity contribution in [3.05, 3.63) is 46.4 Å². The highest BCUT2D eigenvalue weighted by Gasteiger charge is 2.36. The molecule has 5 rings (SSSR count). The van der Waals surface area contributed by atoms with Crippen LogP contribution in [0.25, 0.3) is 10.9 Å². The lowest BCUT2D eigenvalue weighted by atomic mass is 9.95. The van der Waals surface area contributed by atoms with Gasteiger partial charge in [-0.15, -0.1) is 0 Å². The van der Waals surface area contributed by atoms with Crippen LogP contribution in [0.2, 0.25) is 0 Å². The van der Waals surface area contributed by atoms with Crippen LogP contribution in [0.5, 0.6) is 0 Å². The fraction of sp³-hybridized carbons (Fsp3) is 0.500. The van der Waals surface area contributed by atoms with E-state index < -0.39 is 10.8 Å². The lowest BCUT2D eigenvalue weighted by Gasteiger charge is -2.22. The quantitative estimate of drug-likeness (QED) is 0.568. The molecule has 2 aromatic heterocycles. The van der Waals surface area contributed by atoms with Gasteiger partial charge in [0, 0.05) is 21.5 Å². The number of hydrogen-bond donors (Lipinski definition) is 2. The van der Waals surface area contributed by atoms with Gasteiger partial charge in [-0.05, 0) is 62.9 Å². The van der Waals surface area contributed by atoms with Gasteiger partial charge in [0.15, 0.2) is 5.82 Å². The Hall–Kier alpha value is -2.41. The topological polar surface area (TPSA) is 79.8 Å². The Kier molecular flexibility index (Phi) is 6.06. The molecule has 1 aromatic carbocycles. The number of fused-ring (bicyclic) bond motifs is 2. The smallest absolute Gasteiger partial charge is 0.261 e. The van der Waals surface area contributed by atoms with Crippen molar-refractivity contribution in [2.45, 2.75) is 81.9 Å². The Morgan fingerprint density at radius 3 is 2.65 bits per heavy atom. The van der Waals surface area contributed by atoms with Crippen LogP contribution in [0.4, 0.5) is 11.5 Å². The lowest BCUT2D eigenvalue weighted by Crippen LogP contribution is -2.22. The average Bonchev–Trinajstić information content (AvgIpc) is 3.25. The second-order valence-electron chi connectivity index (χ2n) is 8.80. The van der Waals surface area contributed by atoms with E-state index in [2.05, 4.69) is 10.3 Å². The minimum atomic E-state index is -0.991. The van der Waals surface area contributed by atoms with Crippen molar-refractivity contribution in [2.24, 2.45) is 0 Å². The number of nitrogens with one attached hydrogen (secondary N) is 2. The minimum Gasteiger partial charge on any atom is -0.338 e. The predicted molar refractivity (Wildman–Crippen MR) is 128 cm³/mol. The molecule has 166 valence electrons. The summed E-state index contributed by atoms with van der Waals surface area (Å²) in [6, 6.07) is 8.20. The van der Waals surface area contributed by atoms with Crippen molar-refractivity contribution >= 4 is 33.2 Å². The Morgan fingerprint density at radius 2 is 1.90 bits per heavy atom. The predicted octanol–water partition coefficient (Wildman–Crippen LogP) is 5.44. The third-order valence-corrected chi connectivity index (χ3v) is 8.14. The first kappa shape index (κ1) is 21.8. The zero-order chi connectivity index (χ0) is 22.2. The van der Waals surface area contributed by atoms with Gasteiger partial charge in [-0.25, -0.2) is 0 Å². The molecule has 31 heavy (non-hydrogen) atoms. The Balaban J connectivity index is 0.00000112. The number of anilines is 2. The van der Waals surface area contributed by atoms with E-state index in [1.165, 1.54) is 19.3 Å². The lowest BCUT2D eigenvalue weighted by molar-refractivity contribution is 0.338. The van der Waals surface area contributed by atoms with E-state index in [1.807, 2.05) is 56.6 Å². The van der Waals surface area contributed by atoms with Crippen LogP contribution < -0.4 is 10.9 Å². The Bertz CT molecular complexity index is 1170. The summed E-state index contributed by atoms with van der Waals surface area (Å²) >= 11 is 0. The molecule has 0 amide bonds. The molecule has 1 atom stereocenters. The molecule has 6 nitrogen and oxygen atoms in total. The second kappa shape index (κ2) is 8.61. The zero-order valence-electron chi connectivity index (χ0n) is 18.8.